The van der Waals surface area contributed by atoms with Crippen molar-refractivity contribution in [2.75, 3.05) is 0 Å². The molecule has 1 aliphatic heterocycles. The summed E-state index contributed by atoms with van der Waals surface area (Å²) in [4.78, 5) is 11.2. The Morgan fingerprint density at radius 2 is 2.00 bits per heavy atom. The van der Waals surface area contributed by atoms with Crippen molar-refractivity contribution in [1.82, 2.24) is 0 Å². The second-order valence-corrected chi connectivity index (χ2v) is 4.30. The lowest BCUT2D eigenvalue weighted by atomic mass is 9.76. The summed E-state index contributed by atoms with van der Waals surface area (Å²) in [6.07, 6.45) is 2.31. The lowest BCUT2D eigenvalue weighted by Crippen LogP contribution is -2.56. The Labute approximate surface area is 82.9 Å². The van der Waals surface area contributed by atoms with Gasteiger partial charge in [-0.1, -0.05) is 0 Å². The third-order valence-electron chi connectivity index (χ3n) is 3.30. The fraction of sp³-hybridized carbons (Fsp3) is 0.900. The number of aliphatic hydroxyl groups excluding tert-OH is 2. The van der Waals surface area contributed by atoms with E-state index < -0.39 is 17.8 Å². The van der Waals surface area contributed by atoms with Gasteiger partial charge < -0.3 is 14.9 Å². The Morgan fingerprint density at radius 1 is 1.29 bits per heavy atom. The van der Waals surface area contributed by atoms with Crippen LogP contribution in [0, 0.1) is 0 Å². The molecule has 0 aromatic heterocycles. The molecule has 1 aliphatic carbocycles. The highest BCUT2D eigenvalue weighted by Crippen LogP contribution is 2.39. The van der Waals surface area contributed by atoms with Crippen LogP contribution in [-0.4, -0.2) is 34.0 Å². The molecule has 0 aromatic carbocycles. The summed E-state index contributed by atoms with van der Waals surface area (Å²) in [5.74, 6) is -0.246. The molecule has 1 saturated carbocycles. The van der Waals surface area contributed by atoms with Gasteiger partial charge in [0, 0.05) is 6.42 Å². The third kappa shape index (κ3) is 1.53. The van der Waals surface area contributed by atoms with Gasteiger partial charge in [0.1, 0.15) is 11.7 Å². The molecule has 0 bridgehead atoms. The van der Waals surface area contributed by atoms with Gasteiger partial charge in [-0.25, -0.2) is 0 Å². The van der Waals surface area contributed by atoms with Gasteiger partial charge in [-0.2, -0.15) is 0 Å². The molecule has 2 rings (SSSR count). The van der Waals surface area contributed by atoms with Gasteiger partial charge >= 0.3 is 5.97 Å². The highest BCUT2D eigenvalue weighted by atomic mass is 16.6. The summed E-state index contributed by atoms with van der Waals surface area (Å²) in [6.45, 7) is 0. The van der Waals surface area contributed by atoms with Crippen molar-refractivity contribution >= 4 is 5.97 Å². The van der Waals surface area contributed by atoms with Crippen LogP contribution in [0.1, 0.15) is 38.5 Å². The van der Waals surface area contributed by atoms with Crippen LogP contribution in [0.15, 0.2) is 0 Å². The molecule has 4 nitrogen and oxygen atoms in total. The van der Waals surface area contributed by atoms with E-state index in [1.165, 1.54) is 0 Å². The Balaban J connectivity index is 2.15. The third-order valence-corrected chi connectivity index (χ3v) is 3.30. The van der Waals surface area contributed by atoms with Crippen LogP contribution in [0.3, 0.4) is 0 Å². The van der Waals surface area contributed by atoms with Gasteiger partial charge in [-0.15, -0.1) is 0 Å². The highest BCUT2D eigenvalue weighted by molar-refractivity contribution is 5.70. The minimum atomic E-state index is -0.902. The molecule has 1 heterocycles. The molecular weight excluding hydrogens is 184 g/mol. The number of aliphatic hydroxyl groups is 2. The second kappa shape index (κ2) is 3.51. The molecule has 14 heavy (non-hydrogen) atoms. The molecule has 2 fully saturated rings. The number of hydrogen-bond donors (Lipinski definition) is 2. The average molecular weight is 200 g/mol. The fourth-order valence-corrected chi connectivity index (χ4v) is 2.51. The van der Waals surface area contributed by atoms with Crippen LogP contribution in [-0.2, 0) is 9.53 Å². The van der Waals surface area contributed by atoms with E-state index in [4.69, 9.17) is 4.74 Å². The standard InChI is InChI=1S/C10H16O4/c11-7-3-1-5-10(9(7)13)6-2-4-8(12)14-10/h7,9,11,13H,1-6H2/t7-,9-,10+/m1/s1. The zero-order valence-electron chi connectivity index (χ0n) is 8.11. The van der Waals surface area contributed by atoms with Crippen molar-refractivity contribution in [1.29, 1.82) is 0 Å². The van der Waals surface area contributed by atoms with Crippen molar-refractivity contribution in [2.45, 2.75) is 56.3 Å². The first-order valence-corrected chi connectivity index (χ1v) is 5.22. The van der Waals surface area contributed by atoms with Gasteiger partial charge in [-0.05, 0) is 32.1 Å². The molecular formula is C10H16O4. The van der Waals surface area contributed by atoms with E-state index in [0.717, 1.165) is 12.8 Å². The van der Waals surface area contributed by atoms with Gasteiger partial charge in [0.2, 0.25) is 0 Å². The average Bonchev–Trinajstić information content (AvgIpc) is 2.14. The van der Waals surface area contributed by atoms with E-state index in [9.17, 15) is 15.0 Å². The van der Waals surface area contributed by atoms with Crippen molar-refractivity contribution in [3.05, 3.63) is 0 Å². The van der Waals surface area contributed by atoms with Gasteiger partial charge in [0.25, 0.3) is 0 Å². The summed E-state index contributed by atoms with van der Waals surface area (Å²) in [7, 11) is 0. The largest absolute Gasteiger partial charge is 0.456 e. The molecule has 0 radical (unpaired) electrons. The summed E-state index contributed by atoms with van der Waals surface area (Å²) in [6, 6.07) is 0. The maximum absolute atomic E-state index is 11.2. The maximum Gasteiger partial charge on any atom is 0.306 e. The van der Waals surface area contributed by atoms with Crippen molar-refractivity contribution in [2.24, 2.45) is 0 Å². The van der Waals surface area contributed by atoms with Crippen molar-refractivity contribution in [3.63, 3.8) is 0 Å². The Kier molecular flexibility index (Phi) is 2.49. The number of rotatable bonds is 0. The van der Waals surface area contributed by atoms with E-state index in [-0.39, 0.29) is 5.97 Å². The predicted octanol–water partition coefficient (Wildman–Crippen LogP) is 0.358. The fourth-order valence-electron chi connectivity index (χ4n) is 2.51. The van der Waals surface area contributed by atoms with E-state index in [2.05, 4.69) is 0 Å². The Bertz CT molecular complexity index is 236. The number of carbonyl (C=O) groups is 1. The van der Waals surface area contributed by atoms with Crippen LogP contribution in [0.4, 0.5) is 0 Å². The van der Waals surface area contributed by atoms with Gasteiger partial charge in [0.05, 0.1) is 6.10 Å². The lowest BCUT2D eigenvalue weighted by molar-refractivity contribution is -0.205. The minimum Gasteiger partial charge on any atom is -0.456 e. The van der Waals surface area contributed by atoms with E-state index in [1.54, 1.807) is 0 Å². The quantitative estimate of drug-likeness (QED) is 0.554. The van der Waals surface area contributed by atoms with Crippen molar-refractivity contribution < 1.29 is 19.7 Å². The molecule has 0 unspecified atom stereocenters. The number of ether oxygens (including phenoxy) is 1. The second-order valence-electron chi connectivity index (χ2n) is 4.30. The summed E-state index contributed by atoms with van der Waals surface area (Å²) < 4.78 is 5.25. The summed E-state index contributed by atoms with van der Waals surface area (Å²) >= 11 is 0. The molecule has 3 atom stereocenters. The first-order valence-electron chi connectivity index (χ1n) is 5.22. The molecule has 1 spiro atoms. The zero-order chi connectivity index (χ0) is 10.2. The van der Waals surface area contributed by atoms with Crippen LogP contribution in [0.25, 0.3) is 0 Å². The zero-order valence-corrected chi connectivity index (χ0v) is 8.11. The molecule has 0 amide bonds. The van der Waals surface area contributed by atoms with Crippen LogP contribution in [0.5, 0.6) is 0 Å². The number of esters is 1. The van der Waals surface area contributed by atoms with Crippen LogP contribution in [0.2, 0.25) is 0 Å². The predicted molar refractivity (Wildman–Crippen MR) is 48.5 cm³/mol. The molecule has 2 N–H and O–H groups in total. The molecule has 2 aliphatic rings. The summed E-state index contributed by atoms with van der Waals surface area (Å²) in [5.41, 5.74) is -0.785. The Morgan fingerprint density at radius 3 is 2.71 bits per heavy atom. The number of carbonyl (C=O) groups excluding carboxylic acids is 1. The normalized spacial score (nSPS) is 43.7. The monoisotopic (exact) mass is 200 g/mol. The minimum absolute atomic E-state index is 0.246. The first kappa shape index (κ1) is 9.93. The maximum atomic E-state index is 11.2. The molecule has 0 aromatic rings. The van der Waals surface area contributed by atoms with E-state index in [0.29, 0.717) is 25.7 Å². The topological polar surface area (TPSA) is 66.8 Å². The smallest absolute Gasteiger partial charge is 0.306 e. The van der Waals surface area contributed by atoms with Gasteiger partial charge in [-0.3, -0.25) is 4.79 Å². The SMILES string of the molecule is O=C1CCC[C@]2(CCC[C@@H](O)[C@H]2O)O1. The molecule has 80 valence electrons. The van der Waals surface area contributed by atoms with Gasteiger partial charge in [0.15, 0.2) is 0 Å². The van der Waals surface area contributed by atoms with Crippen LogP contribution >= 0.6 is 0 Å². The van der Waals surface area contributed by atoms with E-state index in [1.807, 2.05) is 0 Å². The van der Waals surface area contributed by atoms with Crippen molar-refractivity contribution in [3.8, 4) is 0 Å². The first-order chi connectivity index (χ1) is 6.64. The molecule has 1 saturated heterocycles. The molecule has 4 heteroatoms. The highest BCUT2D eigenvalue weighted by Gasteiger charge is 2.48. The van der Waals surface area contributed by atoms with Crippen LogP contribution < -0.4 is 0 Å². The van der Waals surface area contributed by atoms with E-state index >= 15 is 0 Å². The summed E-state index contributed by atoms with van der Waals surface area (Å²) in [5, 5.41) is 19.4. The Hall–Kier alpha value is -0.610. The lowest BCUT2D eigenvalue weighted by Gasteiger charge is -2.45. The number of hydrogen-bond acceptors (Lipinski definition) is 4.